The first-order valence-electron chi connectivity index (χ1n) is 10.0. The standard InChI is InChI=1S/C23H19FN6O3S/c1-30(20(31)18-7-4-12-34-18)17-6-3-2-5-16(17)21(32)33-13-19-27-22(25)29-23(28-19)26-15-10-8-14(24)9-11-15/h2-12H,13H2,1H3,(H3,25,26,27,28,29). The number of nitrogens with one attached hydrogen (secondary N) is 1. The third-order valence-corrected chi connectivity index (χ3v) is 5.51. The number of nitrogen functional groups attached to an aromatic ring is 1. The summed E-state index contributed by atoms with van der Waals surface area (Å²) >= 11 is 1.31. The largest absolute Gasteiger partial charge is 0.454 e. The molecule has 0 saturated heterocycles. The van der Waals surface area contributed by atoms with Crippen LogP contribution >= 0.6 is 11.3 Å². The Morgan fingerprint density at radius 1 is 1.06 bits per heavy atom. The summed E-state index contributed by atoms with van der Waals surface area (Å²) in [5.41, 5.74) is 6.91. The van der Waals surface area contributed by atoms with E-state index in [1.165, 1.54) is 40.5 Å². The number of amides is 1. The Balaban J connectivity index is 1.47. The van der Waals surface area contributed by atoms with E-state index < -0.39 is 5.97 Å². The first-order chi connectivity index (χ1) is 16.4. The van der Waals surface area contributed by atoms with Crippen LogP contribution in [0.2, 0.25) is 0 Å². The van der Waals surface area contributed by atoms with Crippen molar-refractivity contribution < 1.29 is 18.7 Å². The number of nitrogens with zero attached hydrogens (tertiary/aromatic N) is 4. The molecule has 0 aliphatic heterocycles. The summed E-state index contributed by atoms with van der Waals surface area (Å²) in [5, 5.41) is 4.70. The van der Waals surface area contributed by atoms with E-state index in [1.54, 1.807) is 48.8 Å². The molecule has 4 aromatic rings. The van der Waals surface area contributed by atoms with Gasteiger partial charge in [-0.1, -0.05) is 18.2 Å². The molecular formula is C23H19FN6O3S. The fourth-order valence-corrected chi connectivity index (χ4v) is 3.74. The van der Waals surface area contributed by atoms with Gasteiger partial charge in [0.1, 0.15) is 5.82 Å². The Morgan fingerprint density at radius 2 is 1.82 bits per heavy atom. The SMILES string of the molecule is CN(C(=O)c1cccs1)c1ccccc1C(=O)OCc1nc(N)nc(Nc2ccc(F)cc2)n1. The van der Waals surface area contributed by atoms with Gasteiger partial charge in [0.05, 0.1) is 16.1 Å². The molecule has 0 spiro atoms. The number of benzene rings is 2. The molecule has 0 bridgehead atoms. The van der Waals surface area contributed by atoms with E-state index in [1.807, 2.05) is 0 Å². The van der Waals surface area contributed by atoms with Crippen LogP contribution in [0, 0.1) is 5.82 Å². The second kappa shape index (κ2) is 10.0. The molecule has 34 heavy (non-hydrogen) atoms. The van der Waals surface area contributed by atoms with Crippen LogP contribution in [-0.4, -0.2) is 33.9 Å². The molecule has 2 aromatic carbocycles. The molecule has 4 rings (SSSR count). The molecule has 2 aromatic heterocycles. The fraction of sp³-hybridized carbons (Fsp3) is 0.0870. The first kappa shape index (κ1) is 22.8. The van der Waals surface area contributed by atoms with E-state index in [9.17, 15) is 14.0 Å². The van der Waals surface area contributed by atoms with Crippen molar-refractivity contribution in [2.45, 2.75) is 6.61 Å². The molecule has 0 atom stereocenters. The van der Waals surface area contributed by atoms with Gasteiger partial charge < -0.3 is 20.7 Å². The van der Waals surface area contributed by atoms with Crippen LogP contribution in [-0.2, 0) is 11.3 Å². The molecule has 0 saturated carbocycles. The minimum absolute atomic E-state index is 0.0765. The molecule has 1 amide bonds. The lowest BCUT2D eigenvalue weighted by atomic mass is 10.1. The van der Waals surface area contributed by atoms with Gasteiger partial charge in [-0.15, -0.1) is 11.3 Å². The minimum Gasteiger partial charge on any atom is -0.454 e. The first-order valence-corrected chi connectivity index (χ1v) is 10.9. The van der Waals surface area contributed by atoms with Gasteiger partial charge in [-0.25, -0.2) is 9.18 Å². The molecule has 0 aliphatic rings. The third kappa shape index (κ3) is 5.33. The van der Waals surface area contributed by atoms with Crippen molar-refractivity contribution >= 4 is 46.5 Å². The average molecular weight is 479 g/mol. The van der Waals surface area contributed by atoms with Crippen molar-refractivity contribution in [3.8, 4) is 0 Å². The predicted octanol–water partition coefficient (Wildman–Crippen LogP) is 4.03. The maximum Gasteiger partial charge on any atom is 0.340 e. The van der Waals surface area contributed by atoms with Gasteiger partial charge in [0.2, 0.25) is 11.9 Å². The van der Waals surface area contributed by atoms with E-state index in [0.29, 0.717) is 16.3 Å². The highest BCUT2D eigenvalue weighted by Gasteiger charge is 2.21. The normalized spacial score (nSPS) is 10.5. The summed E-state index contributed by atoms with van der Waals surface area (Å²) in [4.78, 5) is 39.7. The smallest absolute Gasteiger partial charge is 0.340 e. The zero-order chi connectivity index (χ0) is 24.1. The van der Waals surface area contributed by atoms with Crippen LogP contribution in [0.4, 0.5) is 27.7 Å². The Kier molecular flexibility index (Phi) is 6.74. The van der Waals surface area contributed by atoms with Crippen LogP contribution in [0.25, 0.3) is 0 Å². The number of thiophene rings is 1. The van der Waals surface area contributed by atoms with Gasteiger partial charge in [0.15, 0.2) is 12.4 Å². The van der Waals surface area contributed by atoms with E-state index in [0.717, 1.165) is 0 Å². The van der Waals surface area contributed by atoms with Crippen LogP contribution in [0.15, 0.2) is 66.0 Å². The number of hydrogen-bond donors (Lipinski definition) is 2. The van der Waals surface area contributed by atoms with Gasteiger partial charge in [0.25, 0.3) is 5.91 Å². The predicted molar refractivity (Wildman–Crippen MR) is 127 cm³/mol. The van der Waals surface area contributed by atoms with Gasteiger partial charge in [-0.2, -0.15) is 15.0 Å². The fourth-order valence-electron chi connectivity index (χ4n) is 3.04. The maximum atomic E-state index is 13.1. The van der Waals surface area contributed by atoms with Gasteiger partial charge in [0, 0.05) is 12.7 Å². The molecule has 172 valence electrons. The highest BCUT2D eigenvalue weighted by molar-refractivity contribution is 7.12. The van der Waals surface area contributed by atoms with Crippen molar-refractivity contribution in [2.75, 3.05) is 23.0 Å². The van der Waals surface area contributed by atoms with Crippen molar-refractivity contribution in [3.05, 3.63) is 88.1 Å². The Hall–Kier alpha value is -4.38. The van der Waals surface area contributed by atoms with Crippen LogP contribution in [0.1, 0.15) is 25.9 Å². The van der Waals surface area contributed by atoms with Crippen LogP contribution in [0.5, 0.6) is 0 Å². The zero-order valence-electron chi connectivity index (χ0n) is 17.9. The quantitative estimate of drug-likeness (QED) is 0.382. The number of hydrogen-bond acceptors (Lipinski definition) is 9. The molecule has 0 aliphatic carbocycles. The molecule has 0 unspecified atom stereocenters. The van der Waals surface area contributed by atoms with Crippen LogP contribution < -0.4 is 16.0 Å². The number of anilines is 4. The number of rotatable bonds is 7. The molecule has 2 heterocycles. The van der Waals surface area contributed by atoms with E-state index in [-0.39, 0.29) is 41.6 Å². The number of carbonyl (C=O) groups excluding carboxylic acids is 2. The number of carbonyl (C=O) groups is 2. The average Bonchev–Trinajstić information content (AvgIpc) is 3.38. The van der Waals surface area contributed by atoms with E-state index >= 15 is 0 Å². The summed E-state index contributed by atoms with van der Waals surface area (Å²) in [7, 11) is 1.59. The summed E-state index contributed by atoms with van der Waals surface area (Å²) < 4.78 is 18.5. The highest BCUT2D eigenvalue weighted by Crippen LogP contribution is 2.24. The molecule has 11 heteroatoms. The summed E-state index contributed by atoms with van der Waals surface area (Å²) in [6.45, 7) is -0.277. The lowest BCUT2D eigenvalue weighted by Gasteiger charge is -2.19. The zero-order valence-corrected chi connectivity index (χ0v) is 18.8. The highest BCUT2D eigenvalue weighted by atomic mass is 32.1. The Bertz CT molecular complexity index is 1310. The Morgan fingerprint density at radius 3 is 2.56 bits per heavy atom. The van der Waals surface area contributed by atoms with Crippen molar-refractivity contribution in [1.82, 2.24) is 15.0 Å². The van der Waals surface area contributed by atoms with Gasteiger partial charge in [-0.3, -0.25) is 4.79 Å². The summed E-state index contributed by atoms with van der Waals surface area (Å²) in [6, 6.07) is 15.7. The molecule has 9 nitrogen and oxygen atoms in total. The Labute approximate surface area is 198 Å². The second-order valence-electron chi connectivity index (χ2n) is 7.00. The maximum absolute atomic E-state index is 13.1. The van der Waals surface area contributed by atoms with Crippen molar-refractivity contribution in [2.24, 2.45) is 0 Å². The van der Waals surface area contributed by atoms with Crippen LogP contribution in [0.3, 0.4) is 0 Å². The lowest BCUT2D eigenvalue weighted by molar-refractivity contribution is 0.0463. The van der Waals surface area contributed by atoms with Gasteiger partial charge >= 0.3 is 5.97 Å². The minimum atomic E-state index is -0.659. The number of halogens is 1. The number of aromatic nitrogens is 3. The number of esters is 1. The number of nitrogens with two attached hydrogens (primary N) is 1. The van der Waals surface area contributed by atoms with E-state index in [4.69, 9.17) is 10.5 Å². The topological polar surface area (TPSA) is 123 Å². The summed E-state index contributed by atoms with van der Waals surface area (Å²) in [6.07, 6.45) is 0. The third-order valence-electron chi connectivity index (χ3n) is 4.65. The second-order valence-corrected chi connectivity index (χ2v) is 7.95. The van der Waals surface area contributed by atoms with Crippen molar-refractivity contribution in [3.63, 3.8) is 0 Å². The van der Waals surface area contributed by atoms with Gasteiger partial charge in [-0.05, 0) is 47.8 Å². The van der Waals surface area contributed by atoms with E-state index in [2.05, 4.69) is 20.3 Å². The molecular weight excluding hydrogens is 459 g/mol. The lowest BCUT2D eigenvalue weighted by Crippen LogP contribution is -2.27. The molecule has 0 fully saturated rings. The van der Waals surface area contributed by atoms with Crippen molar-refractivity contribution in [1.29, 1.82) is 0 Å². The molecule has 0 radical (unpaired) electrons. The monoisotopic (exact) mass is 478 g/mol. The number of ether oxygens (including phenoxy) is 1. The summed E-state index contributed by atoms with van der Waals surface area (Å²) in [5.74, 6) is -1.12. The number of para-hydroxylation sites is 1. The molecule has 3 N–H and O–H groups in total.